The standard InChI is InChI=1S/C17H37NO/c1-6-9-10-11-12-13-14-16(18-15-7-2)17(4,5)19-8-3/h16,18H,6-15H2,1-5H3. The van der Waals surface area contributed by atoms with Crippen molar-refractivity contribution in [2.75, 3.05) is 13.2 Å². The van der Waals surface area contributed by atoms with Gasteiger partial charge in [-0.2, -0.15) is 0 Å². The van der Waals surface area contributed by atoms with Gasteiger partial charge in [-0.3, -0.25) is 0 Å². The second kappa shape index (κ2) is 11.7. The minimum atomic E-state index is -0.0483. The molecule has 0 amide bonds. The smallest absolute Gasteiger partial charge is 0.0778 e. The normalized spacial score (nSPS) is 13.7. The van der Waals surface area contributed by atoms with Gasteiger partial charge in [0.2, 0.25) is 0 Å². The zero-order valence-electron chi connectivity index (χ0n) is 14.1. The van der Waals surface area contributed by atoms with Crippen molar-refractivity contribution in [3.8, 4) is 0 Å². The Balaban J connectivity index is 3.98. The molecule has 0 rings (SSSR count). The molecule has 1 unspecified atom stereocenters. The average molecular weight is 271 g/mol. The third kappa shape index (κ3) is 9.45. The van der Waals surface area contributed by atoms with E-state index in [1.54, 1.807) is 0 Å². The van der Waals surface area contributed by atoms with E-state index in [-0.39, 0.29) is 5.60 Å². The molecule has 0 bridgehead atoms. The van der Waals surface area contributed by atoms with Gasteiger partial charge in [0.05, 0.1) is 5.60 Å². The summed E-state index contributed by atoms with van der Waals surface area (Å²) in [5.74, 6) is 0. The van der Waals surface area contributed by atoms with Crippen LogP contribution in [0.4, 0.5) is 0 Å². The lowest BCUT2D eigenvalue weighted by molar-refractivity contribution is -0.0405. The lowest BCUT2D eigenvalue weighted by Gasteiger charge is -2.35. The Morgan fingerprint density at radius 1 is 0.895 bits per heavy atom. The highest BCUT2D eigenvalue weighted by atomic mass is 16.5. The van der Waals surface area contributed by atoms with Crippen LogP contribution in [0.5, 0.6) is 0 Å². The summed E-state index contributed by atoms with van der Waals surface area (Å²) in [5.41, 5.74) is -0.0483. The van der Waals surface area contributed by atoms with Gasteiger partial charge >= 0.3 is 0 Å². The third-order valence-electron chi connectivity index (χ3n) is 3.84. The largest absolute Gasteiger partial charge is 0.374 e. The van der Waals surface area contributed by atoms with Crippen LogP contribution < -0.4 is 5.32 Å². The summed E-state index contributed by atoms with van der Waals surface area (Å²) in [4.78, 5) is 0. The van der Waals surface area contributed by atoms with Gasteiger partial charge in [-0.1, -0.05) is 52.4 Å². The first kappa shape index (κ1) is 18.9. The molecule has 0 aromatic rings. The van der Waals surface area contributed by atoms with E-state index >= 15 is 0 Å². The van der Waals surface area contributed by atoms with Crippen molar-refractivity contribution >= 4 is 0 Å². The number of hydrogen-bond donors (Lipinski definition) is 1. The molecule has 19 heavy (non-hydrogen) atoms. The molecule has 0 saturated carbocycles. The second-order valence-electron chi connectivity index (χ2n) is 6.10. The predicted molar refractivity (Wildman–Crippen MR) is 85.8 cm³/mol. The summed E-state index contributed by atoms with van der Waals surface area (Å²) in [6.45, 7) is 12.9. The Morgan fingerprint density at radius 2 is 1.53 bits per heavy atom. The van der Waals surface area contributed by atoms with Crippen LogP contribution in [0.15, 0.2) is 0 Å². The lowest BCUT2D eigenvalue weighted by Crippen LogP contribution is -2.48. The minimum Gasteiger partial charge on any atom is -0.374 e. The van der Waals surface area contributed by atoms with Crippen LogP contribution in [-0.4, -0.2) is 24.8 Å². The number of ether oxygens (including phenoxy) is 1. The number of rotatable bonds is 13. The van der Waals surface area contributed by atoms with Crippen molar-refractivity contribution in [3.63, 3.8) is 0 Å². The highest BCUT2D eigenvalue weighted by Gasteiger charge is 2.28. The van der Waals surface area contributed by atoms with E-state index in [9.17, 15) is 0 Å². The molecule has 0 saturated heterocycles. The molecule has 0 aliphatic carbocycles. The van der Waals surface area contributed by atoms with Crippen LogP contribution in [-0.2, 0) is 4.74 Å². The summed E-state index contributed by atoms with van der Waals surface area (Å²) in [6, 6.07) is 0.485. The maximum Gasteiger partial charge on any atom is 0.0778 e. The molecular weight excluding hydrogens is 234 g/mol. The molecule has 1 atom stereocenters. The first-order valence-corrected chi connectivity index (χ1v) is 8.45. The van der Waals surface area contributed by atoms with E-state index in [2.05, 4.69) is 39.9 Å². The molecule has 116 valence electrons. The van der Waals surface area contributed by atoms with E-state index in [4.69, 9.17) is 4.74 Å². The van der Waals surface area contributed by atoms with Gasteiger partial charge in [-0.05, 0) is 40.2 Å². The monoisotopic (exact) mass is 271 g/mol. The average Bonchev–Trinajstić information content (AvgIpc) is 2.36. The molecule has 0 radical (unpaired) electrons. The molecule has 0 aromatic heterocycles. The van der Waals surface area contributed by atoms with Gasteiger partial charge < -0.3 is 10.1 Å². The molecule has 1 N–H and O–H groups in total. The van der Waals surface area contributed by atoms with Gasteiger partial charge in [-0.25, -0.2) is 0 Å². The second-order valence-corrected chi connectivity index (χ2v) is 6.10. The molecular formula is C17H37NO. The van der Waals surface area contributed by atoms with Crippen LogP contribution in [0.1, 0.15) is 86.0 Å². The van der Waals surface area contributed by atoms with E-state index in [0.29, 0.717) is 6.04 Å². The predicted octanol–water partition coefficient (Wildman–Crippen LogP) is 4.92. The van der Waals surface area contributed by atoms with Crippen LogP contribution in [0.25, 0.3) is 0 Å². The van der Waals surface area contributed by atoms with Gasteiger partial charge in [0, 0.05) is 12.6 Å². The van der Waals surface area contributed by atoms with Crippen LogP contribution >= 0.6 is 0 Å². The topological polar surface area (TPSA) is 21.3 Å². The summed E-state index contributed by atoms with van der Waals surface area (Å²) in [5, 5.41) is 3.67. The molecule has 0 aliphatic heterocycles. The molecule has 0 spiro atoms. The van der Waals surface area contributed by atoms with Gasteiger partial charge in [-0.15, -0.1) is 0 Å². The molecule has 0 fully saturated rings. The lowest BCUT2D eigenvalue weighted by atomic mass is 9.92. The zero-order valence-corrected chi connectivity index (χ0v) is 14.1. The summed E-state index contributed by atoms with van der Waals surface area (Å²) in [6.07, 6.45) is 10.6. The van der Waals surface area contributed by atoms with Crippen molar-refractivity contribution in [1.82, 2.24) is 5.32 Å². The molecule has 2 heteroatoms. The van der Waals surface area contributed by atoms with E-state index in [0.717, 1.165) is 13.2 Å². The first-order chi connectivity index (χ1) is 9.08. The van der Waals surface area contributed by atoms with Crippen molar-refractivity contribution < 1.29 is 4.74 Å². The highest BCUT2D eigenvalue weighted by molar-refractivity contribution is 4.85. The Bertz CT molecular complexity index is 192. The SMILES string of the molecule is CCCCCCCCC(NCCC)C(C)(C)OCC. The maximum absolute atomic E-state index is 5.92. The Morgan fingerprint density at radius 3 is 2.11 bits per heavy atom. The number of unbranched alkanes of at least 4 members (excludes halogenated alkanes) is 5. The molecule has 2 nitrogen and oxygen atoms in total. The third-order valence-corrected chi connectivity index (χ3v) is 3.84. The maximum atomic E-state index is 5.92. The van der Waals surface area contributed by atoms with Gasteiger partial charge in [0.1, 0.15) is 0 Å². The molecule has 0 aliphatic rings. The molecule has 0 heterocycles. The highest BCUT2D eigenvalue weighted by Crippen LogP contribution is 2.20. The van der Waals surface area contributed by atoms with Crippen molar-refractivity contribution in [3.05, 3.63) is 0 Å². The number of hydrogen-bond acceptors (Lipinski definition) is 2. The van der Waals surface area contributed by atoms with Crippen LogP contribution in [0.2, 0.25) is 0 Å². The fraction of sp³-hybridized carbons (Fsp3) is 1.00. The fourth-order valence-electron chi connectivity index (χ4n) is 2.62. The van der Waals surface area contributed by atoms with Crippen molar-refractivity contribution in [1.29, 1.82) is 0 Å². The van der Waals surface area contributed by atoms with Gasteiger partial charge in [0.15, 0.2) is 0 Å². The zero-order chi connectivity index (χ0) is 14.6. The fourth-order valence-corrected chi connectivity index (χ4v) is 2.62. The summed E-state index contributed by atoms with van der Waals surface area (Å²) < 4.78 is 5.92. The number of nitrogens with one attached hydrogen (secondary N) is 1. The van der Waals surface area contributed by atoms with Crippen LogP contribution in [0, 0.1) is 0 Å². The summed E-state index contributed by atoms with van der Waals surface area (Å²) in [7, 11) is 0. The first-order valence-electron chi connectivity index (χ1n) is 8.45. The van der Waals surface area contributed by atoms with Gasteiger partial charge in [0.25, 0.3) is 0 Å². The van der Waals surface area contributed by atoms with E-state index in [1.807, 2.05) is 0 Å². The van der Waals surface area contributed by atoms with E-state index < -0.39 is 0 Å². The van der Waals surface area contributed by atoms with Crippen molar-refractivity contribution in [2.45, 2.75) is 97.6 Å². The quantitative estimate of drug-likeness (QED) is 0.480. The van der Waals surface area contributed by atoms with Crippen LogP contribution in [0.3, 0.4) is 0 Å². The Kier molecular flexibility index (Phi) is 11.7. The van der Waals surface area contributed by atoms with E-state index in [1.165, 1.54) is 51.4 Å². The minimum absolute atomic E-state index is 0.0483. The van der Waals surface area contributed by atoms with Crippen molar-refractivity contribution in [2.24, 2.45) is 0 Å². The Labute approximate surface area is 121 Å². The molecule has 0 aromatic carbocycles. The Hall–Kier alpha value is -0.0800. The summed E-state index contributed by atoms with van der Waals surface area (Å²) >= 11 is 0.